The monoisotopic (exact) mass is 589 g/mol. The van der Waals surface area contributed by atoms with Gasteiger partial charge in [0.15, 0.2) is 23.5 Å². The SMILES string of the molecule is CCC1=CC(=O)C=C[C@]1(C)[C@@H]1C[C@@H]2C[C@H]3O[C@@H](c4cc(Cc5cccc(CO)c5)n(C)c4)O[C@@]3(C(=O)CO)[C@@]2(C)C[C@@H]1O. The summed E-state index contributed by atoms with van der Waals surface area (Å²) in [5.41, 5.74) is 2.19. The number of allylic oxidation sites excluding steroid dienone is 4. The van der Waals surface area contributed by atoms with Crippen LogP contribution in [0.15, 0.2) is 60.3 Å². The van der Waals surface area contributed by atoms with Gasteiger partial charge in [-0.15, -0.1) is 0 Å². The number of aliphatic hydroxyl groups excluding tert-OH is 3. The molecule has 0 bridgehead atoms. The van der Waals surface area contributed by atoms with E-state index in [0.29, 0.717) is 32.1 Å². The molecular formula is C35H43NO7. The van der Waals surface area contributed by atoms with Crippen molar-refractivity contribution in [3.05, 3.63) is 82.7 Å². The van der Waals surface area contributed by atoms with Gasteiger partial charge < -0.3 is 29.4 Å². The largest absolute Gasteiger partial charge is 0.393 e. The van der Waals surface area contributed by atoms with Crippen LogP contribution in [0.1, 0.15) is 75.1 Å². The van der Waals surface area contributed by atoms with E-state index in [1.807, 2.05) is 68.1 Å². The van der Waals surface area contributed by atoms with E-state index in [2.05, 4.69) is 6.92 Å². The molecule has 0 spiro atoms. The third-order valence-corrected chi connectivity index (χ3v) is 11.2. The Morgan fingerprint density at radius 2 is 1.91 bits per heavy atom. The van der Waals surface area contributed by atoms with Crippen LogP contribution in [-0.2, 0) is 39.1 Å². The molecule has 2 heterocycles. The van der Waals surface area contributed by atoms with Gasteiger partial charge in [-0.2, -0.15) is 0 Å². The standard InChI is InChI=1S/C35H43NO7/c1-5-24-14-27(39)9-10-33(24,2)28-15-25-16-31-35(30(41)20-38,34(25,3)17-29(28)40)43-32(42-31)23-13-26(36(4)18-23)12-21-7-6-8-22(11-21)19-37/h6-11,13-14,18,25,28-29,31-32,37-38,40H,5,12,15-17,19-20H2,1-4H3/t25-,28-,29+,31-,32-,33+,34+,35-/m1/s1. The van der Waals surface area contributed by atoms with Crippen LogP contribution in [0.5, 0.6) is 0 Å². The van der Waals surface area contributed by atoms with E-state index in [-0.39, 0.29) is 24.2 Å². The molecule has 1 aromatic heterocycles. The van der Waals surface area contributed by atoms with Gasteiger partial charge in [-0.05, 0) is 66.9 Å². The highest BCUT2D eigenvalue weighted by Gasteiger charge is 2.73. The van der Waals surface area contributed by atoms with E-state index in [0.717, 1.165) is 28.0 Å². The minimum absolute atomic E-state index is 0.0143. The second-order valence-electron chi connectivity index (χ2n) is 13.4. The van der Waals surface area contributed by atoms with E-state index in [4.69, 9.17) is 9.47 Å². The van der Waals surface area contributed by atoms with Gasteiger partial charge in [0.05, 0.1) is 18.8 Å². The van der Waals surface area contributed by atoms with Gasteiger partial charge in [0.2, 0.25) is 0 Å². The first kappa shape index (κ1) is 30.2. The van der Waals surface area contributed by atoms with Crippen molar-refractivity contribution >= 4 is 11.6 Å². The Morgan fingerprint density at radius 1 is 1.14 bits per heavy atom. The topological polar surface area (TPSA) is 118 Å². The number of benzene rings is 1. The van der Waals surface area contributed by atoms with Crippen LogP contribution in [0, 0.1) is 22.7 Å². The van der Waals surface area contributed by atoms with E-state index in [1.165, 1.54) is 0 Å². The van der Waals surface area contributed by atoms with Crippen LogP contribution in [0.25, 0.3) is 0 Å². The lowest BCUT2D eigenvalue weighted by atomic mass is 9.53. The van der Waals surface area contributed by atoms with E-state index in [1.54, 1.807) is 12.2 Å². The predicted molar refractivity (Wildman–Crippen MR) is 160 cm³/mol. The first-order chi connectivity index (χ1) is 20.5. The molecule has 8 nitrogen and oxygen atoms in total. The highest BCUT2D eigenvalue weighted by atomic mass is 16.7. The van der Waals surface area contributed by atoms with Crippen LogP contribution in [0.4, 0.5) is 0 Å². The molecule has 1 aromatic carbocycles. The summed E-state index contributed by atoms with van der Waals surface area (Å²) in [5.74, 6) is -0.537. The number of Topliss-reactive ketones (excluding diaryl/α,β-unsaturated/α-hetero) is 1. The zero-order chi connectivity index (χ0) is 30.7. The van der Waals surface area contributed by atoms with Crippen molar-refractivity contribution in [2.75, 3.05) is 6.61 Å². The predicted octanol–water partition coefficient (Wildman–Crippen LogP) is 4.10. The summed E-state index contributed by atoms with van der Waals surface area (Å²) in [7, 11) is 1.96. The van der Waals surface area contributed by atoms with Crippen molar-refractivity contribution in [2.45, 2.75) is 83.6 Å². The summed E-state index contributed by atoms with van der Waals surface area (Å²) in [6.07, 6.45) is 8.08. The molecule has 4 aliphatic rings. The molecule has 3 fully saturated rings. The van der Waals surface area contributed by atoms with Crippen molar-refractivity contribution in [3.63, 3.8) is 0 Å². The summed E-state index contributed by atoms with van der Waals surface area (Å²) < 4.78 is 15.3. The van der Waals surface area contributed by atoms with Crippen LogP contribution in [0.2, 0.25) is 0 Å². The van der Waals surface area contributed by atoms with E-state index < -0.39 is 47.3 Å². The molecule has 3 N–H and O–H groups in total. The number of ketones is 2. The van der Waals surface area contributed by atoms with Gasteiger partial charge in [0.1, 0.15) is 6.61 Å². The van der Waals surface area contributed by atoms with Gasteiger partial charge in [-0.3, -0.25) is 9.59 Å². The molecule has 0 unspecified atom stereocenters. The fraction of sp³-hybridized carbons (Fsp3) is 0.543. The molecule has 8 atom stereocenters. The number of hydrogen-bond donors (Lipinski definition) is 3. The number of rotatable bonds is 8. The second-order valence-corrected chi connectivity index (χ2v) is 13.4. The number of carbonyl (C=O) groups excluding carboxylic acids is 2. The van der Waals surface area contributed by atoms with Crippen molar-refractivity contribution in [2.24, 2.45) is 29.7 Å². The lowest BCUT2D eigenvalue weighted by Crippen LogP contribution is -2.60. The summed E-state index contributed by atoms with van der Waals surface area (Å²) in [5, 5.41) is 31.4. The van der Waals surface area contributed by atoms with E-state index in [9.17, 15) is 24.9 Å². The molecule has 1 aliphatic heterocycles. The van der Waals surface area contributed by atoms with Crippen molar-refractivity contribution in [3.8, 4) is 0 Å². The number of nitrogens with zero attached hydrogens (tertiary/aromatic N) is 1. The van der Waals surface area contributed by atoms with Crippen LogP contribution in [-0.4, -0.2) is 55.9 Å². The Labute approximate surface area is 253 Å². The summed E-state index contributed by atoms with van der Waals surface area (Å²) in [6, 6.07) is 9.86. The minimum Gasteiger partial charge on any atom is -0.393 e. The molecule has 8 heteroatoms. The maximum Gasteiger partial charge on any atom is 0.193 e. The lowest BCUT2D eigenvalue weighted by Gasteiger charge is -2.53. The van der Waals surface area contributed by atoms with Crippen molar-refractivity contribution in [1.29, 1.82) is 0 Å². The Hall–Kier alpha value is -2.88. The number of aliphatic hydroxyl groups is 3. The average molecular weight is 590 g/mol. The van der Waals surface area contributed by atoms with Gasteiger partial charge in [0, 0.05) is 41.8 Å². The number of ether oxygens (including phenoxy) is 2. The number of fused-ring (bicyclic) bond motifs is 3. The summed E-state index contributed by atoms with van der Waals surface area (Å²) >= 11 is 0. The molecule has 6 rings (SSSR count). The van der Waals surface area contributed by atoms with E-state index >= 15 is 0 Å². The lowest BCUT2D eigenvalue weighted by molar-refractivity contribution is -0.188. The Morgan fingerprint density at radius 3 is 2.63 bits per heavy atom. The highest BCUT2D eigenvalue weighted by molar-refractivity contribution is 6.01. The second kappa shape index (κ2) is 10.9. The molecular weight excluding hydrogens is 546 g/mol. The van der Waals surface area contributed by atoms with Gasteiger partial charge in [0.25, 0.3) is 0 Å². The highest BCUT2D eigenvalue weighted by Crippen LogP contribution is 2.67. The van der Waals surface area contributed by atoms with Crippen LogP contribution in [0.3, 0.4) is 0 Å². The maximum atomic E-state index is 13.7. The minimum atomic E-state index is -1.38. The van der Waals surface area contributed by atoms with Gasteiger partial charge in [-0.25, -0.2) is 0 Å². The summed E-state index contributed by atoms with van der Waals surface area (Å²) in [6.45, 7) is 5.47. The Balaban J connectivity index is 1.28. The molecule has 2 saturated carbocycles. The smallest absolute Gasteiger partial charge is 0.193 e. The van der Waals surface area contributed by atoms with Crippen molar-refractivity contribution in [1.82, 2.24) is 4.57 Å². The molecule has 43 heavy (non-hydrogen) atoms. The zero-order valence-electron chi connectivity index (χ0n) is 25.5. The third kappa shape index (κ3) is 4.61. The van der Waals surface area contributed by atoms with Gasteiger partial charge in [-0.1, -0.05) is 56.7 Å². The number of hydrogen-bond acceptors (Lipinski definition) is 7. The normalized spacial score (nSPS) is 36.9. The molecule has 0 radical (unpaired) electrons. The molecule has 0 amide bonds. The van der Waals surface area contributed by atoms with Crippen molar-refractivity contribution < 1.29 is 34.4 Å². The molecule has 1 saturated heterocycles. The third-order valence-electron chi connectivity index (χ3n) is 11.2. The average Bonchev–Trinajstić information content (AvgIpc) is 3.62. The Bertz CT molecular complexity index is 1490. The summed E-state index contributed by atoms with van der Waals surface area (Å²) in [4.78, 5) is 25.9. The zero-order valence-corrected chi connectivity index (χ0v) is 25.5. The maximum absolute atomic E-state index is 13.7. The Kier molecular flexibility index (Phi) is 7.67. The van der Waals surface area contributed by atoms with Gasteiger partial charge >= 0.3 is 0 Å². The van der Waals surface area contributed by atoms with Crippen LogP contribution < -0.4 is 0 Å². The molecule has 230 valence electrons. The fourth-order valence-corrected chi connectivity index (χ4v) is 8.82. The quantitative estimate of drug-likeness (QED) is 0.424. The van der Waals surface area contributed by atoms with Crippen LogP contribution >= 0.6 is 0 Å². The number of aromatic nitrogens is 1. The number of carbonyl (C=O) groups is 2. The number of aryl methyl sites for hydroxylation is 1. The first-order valence-electron chi connectivity index (χ1n) is 15.4. The first-order valence-corrected chi connectivity index (χ1v) is 15.4. The molecule has 2 aromatic rings. The fourth-order valence-electron chi connectivity index (χ4n) is 8.82. The molecule has 3 aliphatic carbocycles.